The van der Waals surface area contributed by atoms with Crippen LogP contribution in [0.3, 0.4) is 0 Å². The van der Waals surface area contributed by atoms with Crippen molar-refractivity contribution in [2.45, 2.75) is 19.4 Å². The van der Waals surface area contributed by atoms with Crippen LogP contribution in [0, 0.1) is 0 Å². The third kappa shape index (κ3) is 4.48. The molecule has 0 radical (unpaired) electrons. The molecule has 1 unspecified atom stereocenters. The molecule has 1 atom stereocenters. The third-order valence-corrected chi connectivity index (χ3v) is 4.30. The SMILES string of the molecule is CCC(c1ccc(Br)cc1)N(C)C(=O)Nc1ccc(OC)cc1. The Kier molecular flexibility index (Phi) is 6.04. The number of hydrogen-bond donors (Lipinski definition) is 1. The van der Waals surface area contributed by atoms with Gasteiger partial charge in [0.1, 0.15) is 5.75 Å². The van der Waals surface area contributed by atoms with Gasteiger partial charge in [0.15, 0.2) is 0 Å². The van der Waals surface area contributed by atoms with Gasteiger partial charge in [0.25, 0.3) is 0 Å². The summed E-state index contributed by atoms with van der Waals surface area (Å²) in [5.74, 6) is 0.762. The number of carbonyl (C=O) groups excluding carboxylic acids is 1. The fourth-order valence-corrected chi connectivity index (χ4v) is 2.71. The van der Waals surface area contributed by atoms with E-state index in [1.54, 1.807) is 12.0 Å². The number of benzene rings is 2. The zero-order valence-electron chi connectivity index (χ0n) is 13.5. The fourth-order valence-electron chi connectivity index (χ4n) is 2.45. The Hall–Kier alpha value is -2.01. The van der Waals surface area contributed by atoms with Crippen molar-refractivity contribution in [2.75, 3.05) is 19.5 Å². The lowest BCUT2D eigenvalue weighted by Crippen LogP contribution is -2.34. The van der Waals surface area contributed by atoms with E-state index < -0.39 is 0 Å². The average Bonchev–Trinajstić information content (AvgIpc) is 2.57. The van der Waals surface area contributed by atoms with Gasteiger partial charge in [-0.15, -0.1) is 0 Å². The lowest BCUT2D eigenvalue weighted by atomic mass is 10.0. The number of rotatable bonds is 5. The van der Waals surface area contributed by atoms with Crippen LogP contribution in [0.4, 0.5) is 10.5 Å². The Morgan fingerprint density at radius 1 is 1.17 bits per heavy atom. The van der Waals surface area contributed by atoms with Crippen molar-refractivity contribution >= 4 is 27.6 Å². The van der Waals surface area contributed by atoms with Crippen LogP contribution in [-0.2, 0) is 0 Å². The largest absolute Gasteiger partial charge is 0.497 e. The van der Waals surface area contributed by atoms with Gasteiger partial charge in [-0.1, -0.05) is 35.0 Å². The molecule has 0 aliphatic rings. The number of methoxy groups -OCH3 is 1. The molecule has 0 bridgehead atoms. The first-order valence-corrected chi connectivity index (χ1v) is 8.27. The maximum absolute atomic E-state index is 12.5. The fraction of sp³-hybridized carbons (Fsp3) is 0.278. The van der Waals surface area contributed by atoms with Crippen LogP contribution in [0.15, 0.2) is 53.0 Å². The molecule has 0 saturated heterocycles. The summed E-state index contributed by atoms with van der Waals surface area (Å²) in [6.07, 6.45) is 0.841. The number of carbonyl (C=O) groups is 1. The minimum Gasteiger partial charge on any atom is -0.497 e. The molecule has 4 nitrogen and oxygen atoms in total. The van der Waals surface area contributed by atoms with Crippen LogP contribution in [0.5, 0.6) is 5.75 Å². The number of ether oxygens (including phenoxy) is 1. The van der Waals surface area contributed by atoms with Crippen molar-refractivity contribution in [3.05, 3.63) is 58.6 Å². The highest BCUT2D eigenvalue weighted by Gasteiger charge is 2.20. The number of nitrogens with one attached hydrogen (secondary N) is 1. The van der Waals surface area contributed by atoms with Gasteiger partial charge in [-0.2, -0.15) is 0 Å². The molecule has 2 aromatic rings. The predicted molar refractivity (Wildman–Crippen MR) is 96.9 cm³/mol. The van der Waals surface area contributed by atoms with Crippen LogP contribution >= 0.6 is 15.9 Å². The molecule has 0 aliphatic carbocycles. The van der Waals surface area contributed by atoms with Gasteiger partial charge in [-0.05, 0) is 48.4 Å². The van der Waals surface area contributed by atoms with Crippen molar-refractivity contribution in [2.24, 2.45) is 0 Å². The second-order valence-corrected chi connectivity index (χ2v) is 6.16. The van der Waals surface area contributed by atoms with E-state index in [1.807, 2.05) is 55.6 Å². The topological polar surface area (TPSA) is 41.6 Å². The quantitative estimate of drug-likeness (QED) is 0.790. The second kappa shape index (κ2) is 8.02. The van der Waals surface area contributed by atoms with Gasteiger partial charge in [-0.25, -0.2) is 4.79 Å². The molecule has 23 heavy (non-hydrogen) atoms. The molecular weight excluding hydrogens is 356 g/mol. The van der Waals surface area contributed by atoms with Crippen LogP contribution in [-0.4, -0.2) is 25.1 Å². The van der Waals surface area contributed by atoms with Gasteiger partial charge in [-0.3, -0.25) is 0 Å². The summed E-state index contributed by atoms with van der Waals surface area (Å²) in [6, 6.07) is 15.2. The van der Waals surface area contributed by atoms with Gasteiger partial charge >= 0.3 is 6.03 Å². The van der Waals surface area contributed by atoms with Crippen LogP contribution in [0.25, 0.3) is 0 Å². The monoisotopic (exact) mass is 376 g/mol. The van der Waals surface area contributed by atoms with E-state index in [9.17, 15) is 4.79 Å². The lowest BCUT2D eigenvalue weighted by Gasteiger charge is -2.28. The van der Waals surface area contributed by atoms with Crippen molar-refractivity contribution in [3.63, 3.8) is 0 Å². The maximum atomic E-state index is 12.5. The highest BCUT2D eigenvalue weighted by atomic mass is 79.9. The normalized spacial score (nSPS) is 11.7. The van der Waals surface area contributed by atoms with Gasteiger partial charge < -0.3 is 15.0 Å². The van der Waals surface area contributed by atoms with Gasteiger partial charge in [0, 0.05) is 17.2 Å². The first-order chi connectivity index (χ1) is 11.0. The third-order valence-electron chi connectivity index (χ3n) is 3.77. The first kappa shape index (κ1) is 17.3. The van der Waals surface area contributed by atoms with Crippen molar-refractivity contribution < 1.29 is 9.53 Å². The number of halogens is 1. The molecule has 0 aromatic heterocycles. The standard InChI is InChI=1S/C18H21BrN2O2/c1-4-17(13-5-7-14(19)8-6-13)21(2)18(22)20-15-9-11-16(23-3)12-10-15/h5-12,17H,4H2,1-3H3,(H,20,22). The summed E-state index contributed by atoms with van der Waals surface area (Å²) in [7, 11) is 3.43. The molecule has 0 aliphatic heterocycles. The molecule has 0 saturated carbocycles. The van der Waals surface area contributed by atoms with Gasteiger partial charge in [0.05, 0.1) is 13.2 Å². The molecule has 5 heteroatoms. The summed E-state index contributed by atoms with van der Waals surface area (Å²) < 4.78 is 6.15. The molecular formula is C18H21BrN2O2. The molecule has 2 aromatic carbocycles. The van der Waals surface area contributed by atoms with E-state index in [2.05, 4.69) is 28.2 Å². The van der Waals surface area contributed by atoms with E-state index in [-0.39, 0.29) is 12.1 Å². The van der Waals surface area contributed by atoms with Crippen LogP contribution in [0.2, 0.25) is 0 Å². The Bertz CT molecular complexity index is 641. The molecule has 122 valence electrons. The molecule has 1 N–H and O–H groups in total. The summed E-state index contributed by atoms with van der Waals surface area (Å²) in [6.45, 7) is 2.07. The number of hydrogen-bond acceptors (Lipinski definition) is 2. The van der Waals surface area contributed by atoms with Crippen molar-refractivity contribution in [1.29, 1.82) is 0 Å². The lowest BCUT2D eigenvalue weighted by molar-refractivity contribution is 0.202. The Labute approximate surface area is 145 Å². The summed E-state index contributed by atoms with van der Waals surface area (Å²) in [5.41, 5.74) is 1.86. The number of nitrogens with zero attached hydrogens (tertiary/aromatic N) is 1. The Morgan fingerprint density at radius 2 is 1.78 bits per heavy atom. The Balaban J connectivity index is 2.08. The van der Waals surface area contributed by atoms with Crippen molar-refractivity contribution in [1.82, 2.24) is 4.90 Å². The smallest absolute Gasteiger partial charge is 0.322 e. The van der Waals surface area contributed by atoms with Crippen molar-refractivity contribution in [3.8, 4) is 5.75 Å². The highest BCUT2D eigenvalue weighted by Crippen LogP contribution is 2.25. The van der Waals surface area contributed by atoms with Gasteiger partial charge in [0.2, 0.25) is 0 Å². The molecule has 0 heterocycles. The molecule has 0 spiro atoms. The average molecular weight is 377 g/mol. The van der Waals surface area contributed by atoms with E-state index in [0.717, 1.165) is 27.9 Å². The number of anilines is 1. The molecule has 0 fully saturated rings. The second-order valence-electron chi connectivity index (χ2n) is 5.25. The summed E-state index contributed by atoms with van der Waals surface area (Å²) >= 11 is 3.44. The summed E-state index contributed by atoms with van der Waals surface area (Å²) in [5, 5.41) is 2.91. The summed E-state index contributed by atoms with van der Waals surface area (Å²) in [4.78, 5) is 14.2. The maximum Gasteiger partial charge on any atom is 0.322 e. The van der Waals surface area contributed by atoms with Crippen LogP contribution in [0.1, 0.15) is 24.9 Å². The number of amides is 2. The zero-order chi connectivity index (χ0) is 16.8. The molecule has 2 amide bonds. The Morgan fingerprint density at radius 3 is 2.30 bits per heavy atom. The minimum absolute atomic E-state index is 0.0290. The van der Waals surface area contributed by atoms with Crippen LogP contribution < -0.4 is 10.1 Å². The first-order valence-electron chi connectivity index (χ1n) is 7.48. The van der Waals surface area contributed by atoms with E-state index in [4.69, 9.17) is 4.74 Å². The zero-order valence-corrected chi connectivity index (χ0v) is 15.1. The highest BCUT2D eigenvalue weighted by molar-refractivity contribution is 9.10. The molecule has 2 rings (SSSR count). The predicted octanol–water partition coefficient (Wildman–Crippen LogP) is 5.07. The van der Waals surface area contributed by atoms with E-state index in [0.29, 0.717) is 0 Å². The number of urea groups is 1. The minimum atomic E-state index is -0.134. The van der Waals surface area contributed by atoms with E-state index >= 15 is 0 Å². The van der Waals surface area contributed by atoms with E-state index in [1.165, 1.54) is 0 Å².